The summed E-state index contributed by atoms with van der Waals surface area (Å²) in [6.45, 7) is 4.04. The first kappa shape index (κ1) is 8.41. The Morgan fingerprint density at radius 3 is 2.45 bits per heavy atom. The van der Waals surface area contributed by atoms with Crippen LogP contribution in [0.25, 0.3) is 0 Å². The Labute approximate surface area is 71.9 Å². The number of hydrogen-bond acceptors (Lipinski definition) is 1. The van der Waals surface area contributed by atoms with Gasteiger partial charge in [-0.1, -0.05) is 11.6 Å². The minimum atomic E-state index is 0.727. The van der Waals surface area contributed by atoms with E-state index in [1.807, 2.05) is 26.0 Å². The Balaban J connectivity index is 3.24. The van der Waals surface area contributed by atoms with Gasteiger partial charge in [-0.3, -0.25) is 0 Å². The molecule has 1 aromatic carbocycles. The van der Waals surface area contributed by atoms with Crippen LogP contribution in [0.15, 0.2) is 12.1 Å². The largest absolute Gasteiger partial charge is 0.496 e. The summed E-state index contributed by atoms with van der Waals surface area (Å²) in [5, 5.41) is 0.727. The molecule has 0 aromatic heterocycles. The lowest BCUT2D eigenvalue weighted by Gasteiger charge is -2.07. The maximum Gasteiger partial charge on any atom is 0.123 e. The molecular weight excluding hydrogens is 160 g/mol. The van der Waals surface area contributed by atoms with E-state index in [0.29, 0.717) is 0 Å². The summed E-state index contributed by atoms with van der Waals surface area (Å²) < 4.78 is 5.12. The maximum absolute atomic E-state index is 5.82. The van der Waals surface area contributed by atoms with Crippen molar-refractivity contribution in [1.29, 1.82) is 0 Å². The first-order valence-electron chi connectivity index (χ1n) is 3.46. The van der Waals surface area contributed by atoms with Crippen LogP contribution < -0.4 is 4.74 Å². The molecule has 0 amide bonds. The number of rotatable bonds is 1. The summed E-state index contributed by atoms with van der Waals surface area (Å²) in [4.78, 5) is 0. The third kappa shape index (κ3) is 1.66. The van der Waals surface area contributed by atoms with Gasteiger partial charge in [-0.25, -0.2) is 0 Å². The zero-order chi connectivity index (χ0) is 8.43. The second kappa shape index (κ2) is 3.14. The Morgan fingerprint density at radius 1 is 1.27 bits per heavy atom. The lowest BCUT2D eigenvalue weighted by molar-refractivity contribution is 0.411. The molecule has 0 spiro atoms. The van der Waals surface area contributed by atoms with Crippen molar-refractivity contribution in [2.75, 3.05) is 7.11 Å². The number of ether oxygens (including phenoxy) is 1. The summed E-state index contributed by atoms with van der Waals surface area (Å²) in [6.07, 6.45) is 0. The average Bonchev–Trinajstić information content (AvgIpc) is 1.96. The van der Waals surface area contributed by atoms with Crippen molar-refractivity contribution in [2.24, 2.45) is 0 Å². The average molecular weight is 171 g/mol. The highest BCUT2D eigenvalue weighted by Crippen LogP contribution is 2.25. The number of aryl methyl sites for hydroxylation is 1. The molecule has 11 heavy (non-hydrogen) atoms. The van der Waals surface area contributed by atoms with E-state index in [1.54, 1.807) is 7.11 Å². The number of methoxy groups -OCH3 is 1. The molecule has 0 saturated heterocycles. The molecule has 0 atom stereocenters. The van der Waals surface area contributed by atoms with E-state index < -0.39 is 0 Å². The molecule has 0 aliphatic rings. The van der Waals surface area contributed by atoms with Gasteiger partial charge in [0.05, 0.1) is 7.11 Å². The van der Waals surface area contributed by atoms with Crippen LogP contribution in [0.4, 0.5) is 0 Å². The minimum Gasteiger partial charge on any atom is -0.496 e. The van der Waals surface area contributed by atoms with Gasteiger partial charge in [-0.15, -0.1) is 0 Å². The summed E-state index contributed by atoms with van der Waals surface area (Å²) in [5.74, 6) is 0.856. The van der Waals surface area contributed by atoms with E-state index in [9.17, 15) is 0 Å². The monoisotopic (exact) mass is 170 g/mol. The quantitative estimate of drug-likeness (QED) is 0.630. The molecule has 60 valence electrons. The van der Waals surface area contributed by atoms with Crippen molar-refractivity contribution in [3.63, 3.8) is 0 Å². The second-order valence-corrected chi connectivity index (χ2v) is 2.99. The molecule has 1 rings (SSSR count). The van der Waals surface area contributed by atoms with E-state index in [1.165, 1.54) is 0 Å². The Hall–Kier alpha value is -0.690. The normalized spacial score (nSPS) is 9.82. The molecular formula is C9H11ClO. The van der Waals surface area contributed by atoms with Crippen molar-refractivity contribution >= 4 is 11.6 Å². The second-order valence-electron chi connectivity index (χ2n) is 2.55. The number of halogens is 1. The standard InChI is InChI=1S/C9H11ClO/c1-6-4-8(10)5-9(11-3)7(6)2/h4-5H,1-3H3. The Morgan fingerprint density at radius 2 is 1.91 bits per heavy atom. The van der Waals surface area contributed by atoms with Crippen molar-refractivity contribution in [1.82, 2.24) is 0 Å². The Bertz CT molecular complexity index is 269. The van der Waals surface area contributed by atoms with Gasteiger partial charge in [-0.05, 0) is 37.1 Å². The molecule has 1 aromatic rings. The van der Waals surface area contributed by atoms with Crippen LogP contribution in [0.5, 0.6) is 5.75 Å². The van der Waals surface area contributed by atoms with Crippen LogP contribution in [0.2, 0.25) is 5.02 Å². The van der Waals surface area contributed by atoms with E-state index in [2.05, 4.69) is 0 Å². The fourth-order valence-corrected chi connectivity index (χ4v) is 1.26. The third-order valence-electron chi connectivity index (χ3n) is 1.80. The third-order valence-corrected chi connectivity index (χ3v) is 2.02. The highest BCUT2D eigenvalue weighted by atomic mass is 35.5. The van der Waals surface area contributed by atoms with Crippen LogP contribution in [-0.2, 0) is 0 Å². The summed E-state index contributed by atoms with van der Waals surface area (Å²) >= 11 is 5.82. The van der Waals surface area contributed by atoms with Crippen molar-refractivity contribution in [3.8, 4) is 5.75 Å². The van der Waals surface area contributed by atoms with Gasteiger partial charge >= 0.3 is 0 Å². The molecule has 0 N–H and O–H groups in total. The first-order valence-corrected chi connectivity index (χ1v) is 3.83. The molecule has 0 aliphatic carbocycles. The highest BCUT2D eigenvalue weighted by Gasteiger charge is 2.01. The number of hydrogen-bond donors (Lipinski definition) is 0. The zero-order valence-electron chi connectivity index (χ0n) is 6.94. The zero-order valence-corrected chi connectivity index (χ0v) is 7.70. The van der Waals surface area contributed by atoms with Gasteiger partial charge in [-0.2, -0.15) is 0 Å². The minimum absolute atomic E-state index is 0.727. The smallest absolute Gasteiger partial charge is 0.123 e. The van der Waals surface area contributed by atoms with Gasteiger partial charge < -0.3 is 4.74 Å². The van der Waals surface area contributed by atoms with Crippen LogP contribution in [-0.4, -0.2) is 7.11 Å². The topological polar surface area (TPSA) is 9.23 Å². The summed E-state index contributed by atoms with van der Waals surface area (Å²) in [6, 6.07) is 3.75. The predicted molar refractivity (Wildman–Crippen MR) is 47.5 cm³/mol. The van der Waals surface area contributed by atoms with Crippen LogP contribution >= 0.6 is 11.6 Å². The lowest BCUT2D eigenvalue weighted by Crippen LogP contribution is -1.89. The molecule has 0 fully saturated rings. The van der Waals surface area contributed by atoms with Crippen molar-refractivity contribution in [2.45, 2.75) is 13.8 Å². The van der Waals surface area contributed by atoms with Crippen molar-refractivity contribution < 1.29 is 4.74 Å². The number of benzene rings is 1. The molecule has 0 aliphatic heterocycles. The molecule has 0 unspecified atom stereocenters. The van der Waals surface area contributed by atoms with Crippen LogP contribution in [0, 0.1) is 13.8 Å². The van der Waals surface area contributed by atoms with Gasteiger partial charge in [0.15, 0.2) is 0 Å². The molecule has 2 heteroatoms. The van der Waals surface area contributed by atoms with Crippen molar-refractivity contribution in [3.05, 3.63) is 28.3 Å². The van der Waals surface area contributed by atoms with E-state index in [0.717, 1.165) is 21.9 Å². The Kier molecular flexibility index (Phi) is 2.40. The molecule has 0 saturated carbocycles. The lowest BCUT2D eigenvalue weighted by atomic mass is 10.1. The SMILES string of the molecule is COc1cc(Cl)cc(C)c1C. The van der Waals surface area contributed by atoms with Gasteiger partial charge in [0.1, 0.15) is 5.75 Å². The van der Waals surface area contributed by atoms with Crippen LogP contribution in [0.1, 0.15) is 11.1 Å². The predicted octanol–water partition coefficient (Wildman–Crippen LogP) is 2.97. The van der Waals surface area contributed by atoms with Gasteiger partial charge in [0.25, 0.3) is 0 Å². The van der Waals surface area contributed by atoms with Gasteiger partial charge in [0.2, 0.25) is 0 Å². The molecule has 0 radical (unpaired) electrons. The fourth-order valence-electron chi connectivity index (χ4n) is 0.997. The molecule has 0 heterocycles. The highest BCUT2D eigenvalue weighted by molar-refractivity contribution is 6.30. The van der Waals surface area contributed by atoms with E-state index in [-0.39, 0.29) is 0 Å². The first-order chi connectivity index (χ1) is 5.15. The fraction of sp³-hybridized carbons (Fsp3) is 0.333. The molecule has 0 bridgehead atoms. The van der Waals surface area contributed by atoms with Crippen LogP contribution in [0.3, 0.4) is 0 Å². The summed E-state index contributed by atoms with van der Waals surface area (Å²) in [5.41, 5.74) is 2.31. The van der Waals surface area contributed by atoms with E-state index >= 15 is 0 Å². The summed E-state index contributed by atoms with van der Waals surface area (Å²) in [7, 11) is 1.65. The maximum atomic E-state index is 5.82. The van der Waals surface area contributed by atoms with Gasteiger partial charge in [0, 0.05) is 5.02 Å². The molecule has 1 nitrogen and oxygen atoms in total. The van der Waals surface area contributed by atoms with E-state index in [4.69, 9.17) is 16.3 Å².